The van der Waals surface area contributed by atoms with E-state index >= 15 is 0 Å². The normalized spacial score (nSPS) is 10.9. The summed E-state index contributed by atoms with van der Waals surface area (Å²) >= 11 is 15.7. The van der Waals surface area contributed by atoms with Crippen molar-refractivity contribution >= 4 is 34.8 Å². The number of benzene rings is 1. The van der Waals surface area contributed by atoms with Crippen molar-refractivity contribution in [3.63, 3.8) is 0 Å². The van der Waals surface area contributed by atoms with Crippen LogP contribution in [-0.4, -0.2) is 5.02 Å². The summed E-state index contributed by atoms with van der Waals surface area (Å²) in [5.74, 6) is -5.42. The number of ether oxygens (including phenoxy) is 1. The molecule has 0 amide bonds. The predicted octanol–water partition coefficient (Wildman–Crippen LogP) is 3.98. The standard InChI is InChI=1S/C8H4Cl3F3O/c9-2-3-1-4(15-8(10)11)6(13)7(14)5(3)12/h1,8H,2H2. The van der Waals surface area contributed by atoms with Gasteiger partial charge in [-0.3, -0.25) is 0 Å². The molecule has 7 heteroatoms. The van der Waals surface area contributed by atoms with Gasteiger partial charge in [0.25, 0.3) is 0 Å². The Labute approximate surface area is 98.7 Å². The van der Waals surface area contributed by atoms with Crippen molar-refractivity contribution in [2.75, 3.05) is 0 Å². The van der Waals surface area contributed by atoms with E-state index in [1.165, 1.54) is 0 Å². The Bertz CT molecular complexity index is 371. The summed E-state index contributed by atoms with van der Waals surface area (Å²) in [6.07, 6.45) is 0. The van der Waals surface area contributed by atoms with E-state index in [0.717, 1.165) is 6.07 Å². The molecule has 0 unspecified atom stereocenters. The van der Waals surface area contributed by atoms with Crippen LogP contribution in [0.25, 0.3) is 0 Å². The molecule has 84 valence electrons. The molecule has 0 aliphatic heterocycles. The van der Waals surface area contributed by atoms with Gasteiger partial charge >= 0.3 is 0 Å². The summed E-state index contributed by atoms with van der Waals surface area (Å²) in [7, 11) is 0. The molecule has 0 saturated heterocycles. The quantitative estimate of drug-likeness (QED) is 0.600. The summed E-state index contributed by atoms with van der Waals surface area (Å²) < 4.78 is 43.4. The van der Waals surface area contributed by atoms with Crippen molar-refractivity contribution in [2.24, 2.45) is 0 Å². The van der Waals surface area contributed by atoms with Crippen molar-refractivity contribution in [3.8, 4) is 5.75 Å². The molecule has 0 aliphatic carbocycles. The lowest BCUT2D eigenvalue weighted by Crippen LogP contribution is -2.05. The molecular formula is C8H4Cl3F3O. The first-order valence-electron chi connectivity index (χ1n) is 3.64. The van der Waals surface area contributed by atoms with E-state index in [9.17, 15) is 13.2 Å². The maximum Gasteiger partial charge on any atom is 0.248 e. The van der Waals surface area contributed by atoms with Crippen LogP contribution in [0.2, 0.25) is 0 Å². The highest BCUT2D eigenvalue weighted by Crippen LogP contribution is 2.28. The average Bonchev–Trinajstić information content (AvgIpc) is 2.18. The van der Waals surface area contributed by atoms with Crippen LogP contribution in [0.15, 0.2) is 6.07 Å². The molecule has 15 heavy (non-hydrogen) atoms. The summed E-state index contributed by atoms with van der Waals surface area (Å²) in [4.78, 5) is 0. The molecule has 0 aromatic heterocycles. The highest BCUT2D eigenvalue weighted by atomic mass is 35.5. The minimum Gasteiger partial charge on any atom is -0.457 e. The Kier molecular flexibility index (Phi) is 4.37. The lowest BCUT2D eigenvalue weighted by Gasteiger charge is -2.10. The maximum atomic E-state index is 13.0. The van der Waals surface area contributed by atoms with Crippen LogP contribution >= 0.6 is 34.8 Å². The van der Waals surface area contributed by atoms with Crippen LogP contribution < -0.4 is 4.74 Å². The molecule has 0 radical (unpaired) electrons. The van der Waals surface area contributed by atoms with Gasteiger partial charge < -0.3 is 4.74 Å². The predicted molar refractivity (Wildman–Crippen MR) is 52.0 cm³/mol. The SMILES string of the molecule is Fc1c(CCl)cc(OC(Cl)Cl)c(F)c1F. The van der Waals surface area contributed by atoms with E-state index in [2.05, 4.69) is 4.74 Å². The zero-order chi connectivity index (χ0) is 11.6. The maximum absolute atomic E-state index is 13.0. The number of halogens is 6. The molecule has 0 bridgehead atoms. The van der Waals surface area contributed by atoms with Gasteiger partial charge in [-0.25, -0.2) is 8.78 Å². The van der Waals surface area contributed by atoms with Gasteiger partial charge in [0.15, 0.2) is 17.4 Å². The third-order valence-corrected chi connectivity index (χ3v) is 2.02. The van der Waals surface area contributed by atoms with Gasteiger partial charge in [0.2, 0.25) is 10.8 Å². The van der Waals surface area contributed by atoms with Crippen LogP contribution in [0.3, 0.4) is 0 Å². The average molecular weight is 279 g/mol. The number of hydrogen-bond acceptors (Lipinski definition) is 1. The van der Waals surface area contributed by atoms with Crippen LogP contribution in [-0.2, 0) is 5.88 Å². The summed E-state index contributed by atoms with van der Waals surface area (Å²) in [5, 5.41) is -1.38. The van der Waals surface area contributed by atoms with Crippen molar-refractivity contribution < 1.29 is 17.9 Å². The third-order valence-electron chi connectivity index (χ3n) is 1.55. The van der Waals surface area contributed by atoms with Gasteiger partial charge in [-0.15, -0.1) is 11.6 Å². The molecule has 0 saturated carbocycles. The van der Waals surface area contributed by atoms with Gasteiger partial charge in [0.1, 0.15) is 0 Å². The Morgan fingerprint density at radius 2 is 1.73 bits per heavy atom. The first-order valence-corrected chi connectivity index (χ1v) is 5.05. The van der Waals surface area contributed by atoms with E-state index in [-0.39, 0.29) is 11.4 Å². The van der Waals surface area contributed by atoms with Crippen molar-refractivity contribution in [2.45, 2.75) is 10.9 Å². The molecule has 0 atom stereocenters. The fourth-order valence-electron chi connectivity index (χ4n) is 0.909. The number of hydrogen-bond donors (Lipinski definition) is 0. The van der Waals surface area contributed by atoms with Crippen molar-refractivity contribution in [1.82, 2.24) is 0 Å². The Balaban J connectivity index is 3.22. The lowest BCUT2D eigenvalue weighted by molar-refractivity contribution is 0.318. The summed E-state index contributed by atoms with van der Waals surface area (Å²) in [6.45, 7) is 0. The topological polar surface area (TPSA) is 9.23 Å². The molecule has 1 rings (SSSR count). The first-order chi connectivity index (χ1) is 6.97. The minimum atomic E-state index is -1.67. The van der Waals surface area contributed by atoms with Crippen molar-refractivity contribution in [3.05, 3.63) is 29.1 Å². The third kappa shape index (κ3) is 2.83. The second kappa shape index (κ2) is 5.14. The van der Waals surface area contributed by atoms with E-state index in [0.29, 0.717) is 0 Å². The Morgan fingerprint density at radius 1 is 1.13 bits per heavy atom. The second-order valence-electron chi connectivity index (χ2n) is 2.49. The van der Waals surface area contributed by atoms with Gasteiger partial charge in [-0.1, -0.05) is 23.2 Å². The largest absolute Gasteiger partial charge is 0.457 e. The van der Waals surface area contributed by atoms with Crippen LogP contribution in [0.4, 0.5) is 13.2 Å². The fraction of sp³-hybridized carbons (Fsp3) is 0.250. The van der Waals surface area contributed by atoms with Gasteiger partial charge in [-0.05, 0) is 6.07 Å². The molecule has 0 fully saturated rings. The summed E-state index contributed by atoms with van der Waals surface area (Å²) in [5.41, 5.74) is -0.237. The van der Waals surface area contributed by atoms with Gasteiger partial charge in [0.05, 0.1) is 5.88 Å². The van der Waals surface area contributed by atoms with Crippen LogP contribution in [0.1, 0.15) is 5.56 Å². The van der Waals surface area contributed by atoms with Crippen LogP contribution in [0, 0.1) is 17.5 Å². The minimum absolute atomic E-state index is 0.237. The van der Waals surface area contributed by atoms with E-state index < -0.39 is 28.2 Å². The molecule has 1 aromatic carbocycles. The van der Waals surface area contributed by atoms with E-state index in [1.807, 2.05) is 0 Å². The number of alkyl halides is 3. The Hall–Kier alpha value is -0.320. The van der Waals surface area contributed by atoms with E-state index in [4.69, 9.17) is 34.8 Å². The molecule has 0 spiro atoms. The molecular weight excluding hydrogens is 275 g/mol. The molecule has 0 heterocycles. The highest BCUT2D eigenvalue weighted by molar-refractivity contribution is 6.43. The monoisotopic (exact) mass is 278 g/mol. The zero-order valence-electron chi connectivity index (χ0n) is 7.04. The van der Waals surface area contributed by atoms with Gasteiger partial charge in [-0.2, -0.15) is 4.39 Å². The smallest absolute Gasteiger partial charge is 0.248 e. The molecule has 0 aliphatic rings. The van der Waals surface area contributed by atoms with Gasteiger partial charge in [0, 0.05) is 5.56 Å². The molecule has 1 nitrogen and oxygen atoms in total. The lowest BCUT2D eigenvalue weighted by atomic mass is 10.2. The summed E-state index contributed by atoms with van der Waals surface area (Å²) in [6, 6.07) is 0.901. The number of rotatable bonds is 3. The Morgan fingerprint density at radius 3 is 2.20 bits per heavy atom. The first kappa shape index (κ1) is 12.7. The zero-order valence-corrected chi connectivity index (χ0v) is 9.31. The molecule has 0 N–H and O–H groups in total. The second-order valence-corrected chi connectivity index (χ2v) is 3.77. The van der Waals surface area contributed by atoms with Crippen LogP contribution in [0.5, 0.6) is 5.75 Å². The fourth-order valence-corrected chi connectivity index (χ4v) is 1.30. The van der Waals surface area contributed by atoms with E-state index in [1.54, 1.807) is 0 Å². The molecule has 1 aromatic rings. The highest BCUT2D eigenvalue weighted by Gasteiger charge is 2.20. The van der Waals surface area contributed by atoms with Crippen molar-refractivity contribution in [1.29, 1.82) is 0 Å².